The van der Waals surface area contributed by atoms with Crippen LogP contribution in [0.15, 0.2) is 12.1 Å². The number of ether oxygens (including phenoxy) is 1. The lowest BCUT2D eigenvalue weighted by Crippen LogP contribution is -2.52. The first-order valence-electron chi connectivity index (χ1n) is 8.02. The van der Waals surface area contributed by atoms with E-state index in [9.17, 15) is 9.18 Å². The van der Waals surface area contributed by atoms with E-state index in [4.69, 9.17) is 4.74 Å². The predicted octanol–water partition coefficient (Wildman–Crippen LogP) is 2.91. The predicted molar refractivity (Wildman–Crippen MR) is 89.6 cm³/mol. The summed E-state index contributed by atoms with van der Waals surface area (Å²) in [5.74, 6) is -0.183. The Morgan fingerprint density at radius 3 is 2.48 bits per heavy atom. The maximum Gasteiger partial charge on any atom is 0.257 e. The summed E-state index contributed by atoms with van der Waals surface area (Å²) in [5, 5.41) is 0. The van der Waals surface area contributed by atoms with E-state index in [1.165, 1.54) is 6.07 Å². The summed E-state index contributed by atoms with van der Waals surface area (Å²) in [7, 11) is 3.58. The number of methoxy groups -OCH3 is 1. The van der Waals surface area contributed by atoms with Crippen LogP contribution in [-0.4, -0.2) is 55.5 Å². The van der Waals surface area contributed by atoms with Crippen molar-refractivity contribution in [3.8, 4) is 5.75 Å². The first-order chi connectivity index (χ1) is 10.6. The third-order valence-corrected chi connectivity index (χ3v) is 4.42. The van der Waals surface area contributed by atoms with Crippen LogP contribution in [0.2, 0.25) is 0 Å². The topological polar surface area (TPSA) is 32.8 Å². The molecule has 1 aliphatic rings. The second kappa shape index (κ2) is 6.48. The fourth-order valence-electron chi connectivity index (χ4n) is 3.07. The normalized spacial score (nSPS) is 19.8. The molecule has 23 heavy (non-hydrogen) atoms. The van der Waals surface area contributed by atoms with Crippen LogP contribution in [0.5, 0.6) is 5.75 Å². The Balaban J connectivity index is 2.38. The summed E-state index contributed by atoms with van der Waals surface area (Å²) >= 11 is 0. The van der Waals surface area contributed by atoms with Crippen molar-refractivity contribution >= 4 is 5.91 Å². The van der Waals surface area contributed by atoms with Gasteiger partial charge in [-0.3, -0.25) is 4.79 Å². The number of rotatable bonds is 2. The number of piperazine rings is 1. The van der Waals surface area contributed by atoms with Gasteiger partial charge < -0.3 is 14.5 Å². The largest absolute Gasteiger partial charge is 0.496 e. The molecular weight excluding hydrogens is 295 g/mol. The van der Waals surface area contributed by atoms with Crippen LogP contribution in [0.1, 0.15) is 43.6 Å². The molecule has 1 heterocycles. The minimum Gasteiger partial charge on any atom is -0.496 e. The van der Waals surface area contributed by atoms with Crippen LogP contribution < -0.4 is 4.74 Å². The highest BCUT2D eigenvalue weighted by molar-refractivity contribution is 5.95. The maximum atomic E-state index is 14.6. The maximum absolute atomic E-state index is 14.6. The number of carbonyl (C=O) groups excluding carboxylic acids is 1. The molecule has 0 aliphatic carbocycles. The second-order valence-corrected chi connectivity index (χ2v) is 7.39. The molecule has 1 atom stereocenters. The minimum absolute atomic E-state index is 0.0638. The summed E-state index contributed by atoms with van der Waals surface area (Å²) < 4.78 is 20.0. The van der Waals surface area contributed by atoms with E-state index in [0.717, 1.165) is 18.7 Å². The van der Waals surface area contributed by atoms with Crippen molar-refractivity contribution in [2.75, 3.05) is 33.8 Å². The van der Waals surface area contributed by atoms with Crippen LogP contribution in [0.4, 0.5) is 4.39 Å². The van der Waals surface area contributed by atoms with E-state index in [0.29, 0.717) is 12.3 Å². The van der Waals surface area contributed by atoms with E-state index < -0.39 is 5.82 Å². The summed E-state index contributed by atoms with van der Waals surface area (Å²) in [4.78, 5) is 16.7. The van der Waals surface area contributed by atoms with Crippen molar-refractivity contribution in [3.05, 3.63) is 29.1 Å². The third kappa shape index (κ3) is 3.66. The molecule has 1 amide bonds. The first kappa shape index (κ1) is 17.7. The van der Waals surface area contributed by atoms with E-state index in [1.807, 2.05) is 34.7 Å². The zero-order valence-corrected chi connectivity index (χ0v) is 14.9. The van der Waals surface area contributed by atoms with Gasteiger partial charge >= 0.3 is 0 Å². The number of carbonyl (C=O) groups is 1. The highest BCUT2D eigenvalue weighted by Gasteiger charge is 2.30. The van der Waals surface area contributed by atoms with E-state index in [-0.39, 0.29) is 22.9 Å². The molecule has 0 saturated carbocycles. The summed E-state index contributed by atoms with van der Waals surface area (Å²) in [6.45, 7) is 10.2. The lowest BCUT2D eigenvalue weighted by atomic mass is 9.85. The van der Waals surface area contributed by atoms with Crippen LogP contribution in [0, 0.1) is 5.82 Å². The van der Waals surface area contributed by atoms with Crippen LogP contribution in [0.25, 0.3) is 0 Å². The van der Waals surface area contributed by atoms with Crippen molar-refractivity contribution in [3.63, 3.8) is 0 Å². The zero-order valence-electron chi connectivity index (χ0n) is 14.9. The molecule has 0 N–H and O–H groups in total. The molecule has 1 unspecified atom stereocenters. The van der Waals surface area contributed by atoms with E-state index in [2.05, 4.69) is 4.90 Å². The van der Waals surface area contributed by atoms with Crippen molar-refractivity contribution < 1.29 is 13.9 Å². The van der Waals surface area contributed by atoms with Gasteiger partial charge in [-0.1, -0.05) is 20.8 Å². The molecule has 0 aromatic heterocycles. The number of benzene rings is 1. The lowest BCUT2D eigenvalue weighted by molar-refractivity contribution is 0.0528. The van der Waals surface area contributed by atoms with Gasteiger partial charge in [-0.05, 0) is 31.5 Å². The fourth-order valence-corrected chi connectivity index (χ4v) is 3.07. The molecule has 2 rings (SSSR count). The molecule has 4 nitrogen and oxygen atoms in total. The summed E-state index contributed by atoms with van der Waals surface area (Å²) in [5.41, 5.74) is 0.598. The minimum atomic E-state index is -0.480. The first-order valence-corrected chi connectivity index (χ1v) is 8.02. The summed E-state index contributed by atoms with van der Waals surface area (Å²) in [6.07, 6.45) is 0. The monoisotopic (exact) mass is 322 g/mol. The van der Waals surface area contributed by atoms with Crippen LogP contribution in [0.3, 0.4) is 0 Å². The molecule has 0 spiro atoms. The molecular formula is C18H27FN2O2. The van der Waals surface area contributed by atoms with Gasteiger partial charge in [0.25, 0.3) is 5.91 Å². The number of hydrogen-bond donors (Lipinski definition) is 0. The SMILES string of the molecule is COc1cc(C(=O)N2CCN(C)CC2C)c(F)cc1C(C)(C)C. The molecule has 1 saturated heterocycles. The van der Waals surface area contributed by atoms with Crippen molar-refractivity contribution in [2.45, 2.75) is 39.2 Å². The third-order valence-electron chi connectivity index (χ3n) is 4.42. The van der Waals surface area contributed by atoms with Gasteiger partial charge in [0, 0.05) is 31.2 Å². The molecule has 5 heteroatoms. The number of likely N-dealkylation sites (N-methyl/N-ethyl adjacent to an activating group) is 1. The standard InChI is InChI=1S/C18H27FN2O2/c1-12-11-20(5)7-8-21(12)17(22)13-9-16(23-6)14(10-15(13)19)18(2,3)4/h9-10,12H,7-8,11H2,1-6H3. The zero-order chi connectivity index (χ0) is 17.4. The Morgan fingerprint density at radius 2 is 1.96 bits per heavy atom. The van der Waals surface area contributed by atoms with E-state index >= 15 is 0 Å². The smallest absolute Gasteiger partial charge is 0.257 e. The molecule has 1 fully saturated rings. The fraction of sp³-hybridized carbons (Fsp3) is 0.611. The van der Waals surface area contributed by atoms with Gasteiger partial charge in [-0.25, -0.2) is 4.39 Å². The Kier molecular flexibility index (Phi) is 4.99. The van der Waals surface area contributed by atoms with Gasteiger partial charge in [0.1, 0.15) is 11.6 Å². The molecule has 1 aliphatic heterocycles. The molecule has 0 bridgehead atoms. The number of halogens is 1. The highest BCUT2D eigenvalue weighted by atomic mass is 19.1. The van der Waals surface area contributed by atoms with E-state index in [1.54, 1.807) is 18.1 Å². The molecule has 0 radical (unpaired) electrons. The lowest BCUT2D eigenvalue weighted by Gasteiger charge is -2.38. The number of hydrogen-bond acceptors (Lipinski definition) is 3. The highest BCUT2D eigenvalue weighted by Crippen LogP contribution is 2.34. The number of nitrogens with zero attached hydrogens (tertiary/aromatic N) is 2. The van der Waals surface area contributed by atoms with Gasteiger partial charge in [0.05, 0.1) is 12.7 Å². The van der Waals surface area contributed by atoms with Gasteiger partial charge in [0.2, 0.25) is 0 Å². The number of amides is 1. The quantitative estimate of drug-likeness (QED) is 0.839. The summed E-state index contributed by atoms with van der Waals surface area (Å²) in [6, 6.07) is 3.05. The van der Waals surface area contributed by atoms with Gasteiger partial charge in [-0.2, -0.15) is 0 Å². The van der Waals surface area contributed by atoms with Crippen molar-refractivity contribution in [2.24, 2.45) is 0 Å². The molecule has 1 aromatic rings. The molecule has 128 valence electrons. The Morgan fingerprint density at radius 1 is 1.30 bits per heavy atom. The Labute approximate surface area is 138 Å². The van der Waals surface area contributed by atoms with Crippen molar-refractivity contribution in [1.82, 2.24) is 9.80 Å². The van der Waals surface area contributed by atoms with Gasteiger partial charge in [-0.15, -0.1) is 0 Å². The molecule has 1 aromatic carbocycles. The average Bonchev–Trinajstić information content (AvgIpc) is 2.45. The average molecular weight is 322 g/mol. The second-order valence-electron chi connectivity index (χ2n) is 7.39. The Hall–Kier alpha value is -1.62. The van der Waals surface area contributed by atoms with Crippen molar-refractivity contribution in [1.29, 1.82) is 0 Å². The Bertz CT molecular complexity index is 595. The van der Waals surface area contributed by atoms with Crippen LogP contribution >= 0.6 is 0 Å². The van der Waals surface area contributed by atoms with Crippen LogP contribution in [-0.2, 0) is 5.41 Å². The van der Waals surface area contributed by atoms with Gasteiger partial charge in [0.15, 0.2) is 0 Å².